The molecular formula is C19H16N4OS. The van der Waals surface area contributed by atoms with Crippen molar-refractivity contribution >= 4 is 27.9 Å². The van der Waals surface area contributed by atoms with E-state index in [-0.39, 0.29) is 5.56 Å². The fourth-order valence-electron chi connectivity index (χ4n) is 2.74. The number of hydrogen-bond donors (Lipinski definition) is 1. The fourth-order valence-corrected chi connectivity index (χ4v) is 3.52. The van der Waals surface area contributed by atoms with Gasteiger partial charge in [-0.1, -0.05) is 48.0 Å². The van der Waals surface area contributed by atoms with Crippen molar-refractivity contribution in [2.45, 2.75) is 13.5 Å². The first-order valence-electron chi connectivity index (χ1n) is 7.88. The standard InChI is InChI=1S/C19H16N4OS/c1-12-6-8-13(9-7-12)16-11-25-17(21-16)10-23-19(24)15-5-3-2-4-14(15)18(20)22-23/h2-9,11H,10H2,1H3,(H2,20,22). The molecular weight excluding hydrogens is 332 g/mol. The van der Waals surface area contributed by atoms with E-state index in [4.69, 9.17) is 5.73 Å². The third-order valence-electron chi connectivity index (χ3n) is 4.08. The summed E-state index contributed by atoms with van der Waals surface area (Å²) in [7, 11) is 0. The largest absolute Gasteiger partial charge is 0.382 e. The first-order chi connectivity index (χ1) is 12.1. The van der Waals surface area contributed by atoms with Gasteiger partial charge in [0.05, 0.1) is 17.6 Å². The molecule has 4 aromatic rings. The summed E-state index contributed by atoms with van der Waals surface area (Å²) in [5, 5.41) is 8.31. The molecule has 2 heterocycles. The Labute approximate surface area is 148 Å². The van der Waals surface area contributed by atoms with Gasteiger partial charge in [0.2, 0.25) is 0 Å². The second-order valence-electron chi connectivity index (χ2n) is 5.89. The lowest BCUT2D eigenvalue weighted by molar-refractivity contribution is 0.649. The van der Waals surface area contributed by atoms with Crippen LogP contribution in [0.15, 0.2) is 58.7 Å². The molecule has 2 aromatic carbocycles. The molecule has 0 spiro atoms. The molecule has 2 N–H and O–H groups in total. The van der Waals surface area contributed by atoms with Crippen LogP contribution >= 0.6 is 11.3 Å². The molecule has 0 unspecified atom stereocenters. The molecule has 124 valence electrons. The topological polar surface area (TPSA) is 73.8 Å². The maximum Gasteiger partial charge on any atom is 0.275 e. The van der Waals surface area contributed by atoms with Crippen LogP contribution in [0.3, 0.4) is 0 Å². The third kappa shape index (κ3) is 2.92. The first-order valence-corrected chi connectivity index (χ1v) is 8.76. The van der Waals surface area contributed by atoms with Crippen molar-refractivity contribution in [2.75, 3.05) is 5.73 Å². The number of nitrogens with two attached hydrogens (primary N) is 1. The van der Waals surface area contributed by atoms with Gasteiger partial charge in [-0.2, -0.15) is 5.10 Å². The van der Waals surface area contributed by atoms with E-state index in [1.165, 1.54) is 21.6 Å². The van der Waals surface area contributed by atoms with E-state index in [1.807, 2.05) is 35.7 Å². The molecule has 0 aliphatic rings. The number of aryl methyl sites for hydroxylation is 1. The third-order valence-corrected chi connectivity index (χ3v) is 4.91. The molecule has 6 heteroatoms. The molecule has 4 rings (SSSR count). The molecule has 0 saturated carbocycles. The van der Waals surface area contributed by atoms with Gasteiger partial charge in [0.25, 0.3) is 5.56 Å². The van der Waals surface area contributed by atoms with Crippen molar-refractivity contribution in [2.24, 2.45) is 0 Å². The zero-order chi connectivity index (χ0) is 17.4. The molecule has 0 amide bonds. The number of nitrogens with zero attached hydrogens (tertiary/aromatic N) is 3. The van der Waals surface area contributed by atoms with E-state index in [0.29, 0.717) is 23.1 Å². The Balaban J connectivity index is 1.69. The number of thiazole rings is 1. The average molecular weight is 348 g/mol. The van der Waals surface area contributed by atoms with Crippen LogP contribution in [0.25, 0.3) is 22.0 Å². The zero-order valence-corrected chi connectivity index (χ0v) is 14.5. The average Bonchev–Trinajstić information content (AvgIpc) is 3.09. The molecule has 0 saturated heterocycles. The SMILES string of the molecule is Cc1ccc(-c2csc(Cn3nc(N)c4ccccc4c3=O)n2)cc1. The Morgan fingerprint density at radius 3 is 2.56 bits per heavy atom. The zero-order valence-electron chi connectivity index (χ0n) is 13.6. The summed E-state index contributed by atoms with van der Waals surface area (Å²) in [6.07, 6.45) is 0. The summed E-state index contributed by atoms with van der Waals surface area (Å²) in [5.41, 5.74) is 9.02. The predicted molar refractivity (Wildman–Crippen MR) is 102 cm³/mol. The Morgan fingerprint density at radius 2 is 1.80 bits per heavy atom. The van der Waals surface area contributed by atoms with Crippen LogP contribution in [0.5, 0.6) is 0 Å². The Hall–Kier alpha value is -2.99. The summed E-state index contributed by atoms with van der Waals surface area (Å²) in [6.45, 7) is 2.36. The highest BCUT2D eigenvalue weighted by molar-refractivity contribution is 7.09. The lowest BCUT2D eigenvalue weighted by atomic mass is 10.1. The number of nitrogen functional groups attached to an aromatic ring is 1. The number of fused-ring (bicyclic) bond motifs is 1. The number of anilines is 1. The lowest BCUT2D eigenvalue weighted by Crippen LogP contribution is -2.24. The van der Waals surface area contributed by atoms with E-state index in [9.17, 15) is 4.79 Å². The summed E-state index contributed by atoms with van der Waals surface area (Å²) in [5.74, 6) is 0.352. The minimum absolute atomic E-state index is 0.156. The highest BCUT2D eigenvalue weighted by Gasteiger charge is 2.11. The van der Waals surface area contributed by atoms with Gasteiger partial charge in [-0.25, -0.2) is 9.67 Å². The Morgan fingerprint density at radius 1 is 1.08 bits per heavy atom. The Kier molecular flexibility index (Phi) is 3.82. The highest BCUT2D eigenvalue weighted by atomic mass is 32.1. The summed E-state index contributed by atoms with van der Waals surface area (Å²) < 4.78 is 1.38. The van der Waals surface area contributed by atoms with E-state index >= 15 is 0 Å². The van der Waals surface area contributed by atoms with Crippen molar-refractivity contribution in [1.82, 2.24) is 14.8 Å². The molecule has 0 aliphatic heterocycles. The summed E-state index contributed by atoms with van der Waals surface area (Å²) in [4.78, 5) is 17.3. The van der Waals surface area contributed by atoms with E-state index < -0.39 is 0 Å². The van der Waals surface area contributed by atoms with Crippen LogP contribution in [-0.2, 0) is 6.54 Å². The van der Waals surface area contributed by atoms with Gasteiger partial charge < -0.3 is 5.73 Å². The minimum Gasteiger partial charge on any atom is -0.382 e. The van der Waals surface area contributed by atoms with Crippen molar-refractivity contribution in [1.29, 1.82) is 0 Å². The number of hydrogen-bond acceptors (Lipinski definition) is 5. The summed E-state index contributed by atoms with van der Waals surface area (Å²) >= 11 is 1.51. The van der Waals surface area contributed by atoms with E-state index in [2.05, 4.69) is 29.1 Å². The first kappa shape index (κ1) is 15.5. The van der Waals surface area contributed by atoms with E-state index in [0.717, 1.165) is 16.3 Å². The van der Waals surface area contributed by atoms with Crippen LogP contribution in [0.2, 0.25) is 0 Å². The van der Waals surface area contributed by atoms with Crippen molar-refractivity contribution in [3.63, 3.8) is 0 Å². The molecule has 25 heavy (non-hydrogen) atoms. The minimum atomic E-state index is -0.156. The van der Waals surface area contributed by atoms with Gasteiger partial charge in [0.1, 0.15) is 5.01 Å². The molecule has 0 bridgehead atoms. The van der Waals surface area contributed by atoms with Crippen LogP contribution in [0.4, 0.5) is 5.82 Å². The van der Waals surface area contributed by atoms with Gasteiger partial charge in [-0.3, -0.25) is 4.79 Å². The van der Waals surface area contributed by atoms with Crippen LogP contribution < -0.4 is 11.3 Å². The molecule has 0 fully saturated rings. The van der Waals surface area contributed by atoms with Gasteiger partial charge in [-0.05, 0) is 13.0 Å². The van der Waals surface area contributed by atoms with Gasteiger partial charge in [-0.15, -0.1) is 11.3 Å². The fraction of sp³-hybridized carbons (Fsp3) is 0.105. The number of rotatable bonds is 3. The maximum absolute atomic E-state index is 12.6. The van der Waals surface area contributed by atoms with Gasteiger partial charge >= 0.3 is 0 Å². The van der Waals surface area contributed by atoms with Gasteiger partial charge in [0, 0.05) is 16.3 Å². The molecule has 0 atom stereocenters. The van der Waals surface area contributed by atoms with Crippen molar-refractivity contribution < 1.29 is 0 Å². The molecule has 5 nitrogen and oxygen atoms in total. The maximum atomic E-state index is 12.6. The Bertz CT molecular complexity index is 1110. The van der Waals surface area contributed by atoms with Gasteiger partial charge in [0.15, 0.2) is 5.82 Å². The van der Waals surface area contributed by atoms with Crippen LogP contribution in [0, 0.1) is 6.92 Å². The van der Waals surface area contributed by atoms with Crippen LogP contribution in [0.1, 0.15) is 10.6 Å². The van der Waals surface area contributed by atoms with E-state index in [1.54, 1.807) is 6.07 Å². The number of aromatic nitrogens is 3. The molecule has 2 aromatic heterocycles. The predicted octanol–water partition coefficient (Wildman–Crippen LogP) is 3.46. The highest BCUT2D eigenvalue weighted by Crippen LogP contribution is 2.23. The van der Waals surface area contributed by atoms with Crippen LogP contribution in [-0.4, -0.2) is 14.8 Å². The van der Waals surface area contributed by atoms with Crippen molar-refractivity contribution in [3.05, 3.63) is 74.8 Å². The lowest BCUT2D eigenvalue weighted by Gasteiger charge is -2.06. The second-order valence-corrected chi connectivity index (χ2v) is 6.83. The monoisotopic (exact) mass is 348 g/mol. The van der Waals surface area contributed by atoms with Crippen molar-refractivity contribution in [3.8, 4) is 11.3 Å². The summed E-state index contributed by atoms with van der Waals surface area (Å²) in [6, 6.07) is 15.5. The quantitative estimate of drug-likeness (QED) is 0.615. The number of benzene rings is 2. The second kappa shape index (κ2) is 6.14. The smallest absolute Gasteiger partial charge is 0.275 e. The molecule has 0 radical (unpaired) electrons. The molecule has 0 aliphatic carbocycles. The normalized spacial score (nSPS) is 11.1.